The Morgan fingerprint density at radius 1 is 1.22 bits per heavy atom. The largest absolute Gasteiger partial charge is 0.353 e. The Bertz CT molecular complexity index is 806. The minimum Gasteiger partial charge on any atom is -0.353 e. The molecule has 4 rings (SSSR count). The highest BCUT2D eigenvalue weighted by Crippen LogP contribution is 2.47. The number of nitrogens with zero attached hydrogens (tertiary/aromatic N) is 2. The number of hydrogen-bond acceptors (Lipinski definition) is 4. The van der Waals surface area contributed by atoms with Gasteiger partial charge in [-0.05, 0) is 43.4 Å². The predicted octanol–water partition coefficient (Wildman–Crippen LogP) is 0.893. The van der Waals surface area contributed by atoms with Crippen molar-refractivity contribution in [2.75, 3.05) is 6.54 Å². The molecule has 1 N–H and O–H groups in total. The molecule has 6 nitrogen and oxygen atoms in total. The van der Waals surface area contributed by atoms with E-state index in [9.17, 15) is 18.5 Å². The summed E-state index contributed by atoms with van der Waals surface area (Å²) in [6.07, 6.45) is 2.93. The average molecular weight is 331 g/mol. The standard InChI is InChI=1S/C16H17N3O3S/c17-10-16(7-8-16)11-1-4-13(5-2-11)23(21,22)19-12-3-6-14(19)15(20)18-9-12/h1-2,4-5,12,14H,3,6-9H2,(H,18,20). The zero-order valence-corrected chi connectivity index (χ0v) is 13.3. The van der Waals surface area contributed by atoms with Crippen molar-refractivity contribution < 1.29 is 13.2 Å². The molecule has 1 amide bonds. The van der Waals surface area contributed by atoms with E-state index in [-0.39, 0.29) is 16.8 Å². The van der Waals surface area contributed by atoms with E-state index in [1.165, 1.54) is 4.31 Å². The van der Waals surface area contributed by atoms with Gasteiger partial charge in [-0.1, -0.05) is 12.1 Å². The lowest BCUT2D eigenvalue weighted by Gasteiger charge is -2.33. The number of fused-ring (bicyclic) bond motifs is 2. The van der Waals surface area contributed by atoms with Gasteiger partial charge in [-0.3, -0.25) is 4.79 Å². The minimum atomic E-state index is -3.69. The number of sulfonamides is 1. The molecule has 1 aromatic rings. The molecular weight excluding hydrogens is 314 g/mol. The molecule has 1 aliphatic carbocycles. The fourth-order valence-electron chi connectivity index (χ4n) is 3.66. The second-order valence-corrected chi connectivity index (χ2v) is 8.39. The summed E-state index contributed by atoms with van der Waals surface area (Å²) in [6, 6.07) is 8.15. The van der Waals surface area contributed by atoms with Gasteiger partial charge in [0.05, 0.1) is 16.4 Å². The van der Waals surface area contributed by atoms with E-state index in [0.717, 1.165) is 18.4 Å². The van der Waals surface area contributed by atoms with Gasteiger partial charge in [0.25, 0.3) is 0 Å². The third kappa shape index (κ3) is 2.09. The van der Waals surface area contributed by atoms with Crippen LogP contribution in [0, 0.1) is 11.3 Å². The maximum atomic E-state index is 12.9. The Morgan fingerprint density at radius 2 is 1.91 bits per heavy atom. The van der Waals surface area contributed by atoms with Crippen molar-refractivity contribution in [3.05, 3.63) is 29.8 Å². The molecule has 1 aromatic carbocycles. The maximum absolute atomic E-state index is 12.9. The summed E-state index contributed by atoms with van der Waals surface area (Å²) < 4.78 is 27.2. The Kier molecular flexibility index (Phi) is 3.06. The van der Waals surface area contributed by atoms with E-state index >= 15 is 0 Å². The summed E-state index contributed by atoms with van der Waals surface area (Å²) >= 11 is 0. The lowest BCUT2D eigenvalue weighted by atomic mass is 9.98. The molecule has 2 atom stereocenters. The Morgan fingerprint density at radius 3 is 2.52 bits per heavy atom. The molecule has 3 aliphatic rings. The van der Waals surface area contributed by atoms with Crippen molar-refractivity contribution in [3.63, 3.8) is 0 Å². The summed E-state index contributed by atoms with van der Waals surface area (Å²) in [5.41, 5.74) is 0.449. The van der Waals surface area contributed by atoms with Crippen LogP contribution in [0.15, 0.2) is 29.2 Å². The average Bonchev–Trinajstić information content (AvgIpc) is 3.28. The van der Waals surface area contributed by atoms with E-state index in [1.807, 2.05) is 0 Å². The summed E-state index contributed by atoms with van der Waals surface area (Å²) in [6.45, 7) is 0.379. The first kappa shape index (κ1) is 14.7. The van der Waals surface area contributed by atoms with Gasteiger partial charge >= 0.3 is 0 Å². The maximum Gasteiger partial charge on any atom is 0.244 e. The summed E-state index contributed by atoms with van der Waals surface area (Å²) in [5, 5.41) is 12.0. The number of benzene rings is 1. The molecule has 1 saturated carbocycles. The number of amides is 1. The normalized spacial score (nSPS) is 28.9. The van der Waals surface area contributed by atoms with Crippen LogP contribution in [-0.2, 0) is 20.2 Å². The predicted molar refractivity (Wildman–Crippen MR) is 81.8 cm³/mol. The van der Waals surface area contributed by atoms with Gasteiger partial charge in [-0.2, -0.15) is 9.57 Å². The van der Waals surface area contributed by atoms with Crippen LogP contribution < -0.4 is 5.32 Å². The molecule has 2 unspecified atom stereocenters. The molecule has 2 bridgehead atoms. The van der Waals surface area contributed by atoms with Crippen molar-refractivity contribution >= 4 is 15.9 Å². The molecule has 2 aliphatic heterocycles. The molecule has 2 saturated heterocycles. The monoisotopic (exact) mass is 331 g/mol. The van der Waals surface area contributed by atoms with Crippen molar-refractivity contribution in [3.8, 4) is 6.07 Å². The van der Waals surface area contributed by atoms with Crippen LogP contribution in [0.1, 0.15) is 31.2 Å². The van der Waals surface area contributed by atoms with Crippen LogP contribution in [0.25, 0.3) is 0 Å². The van der Waals surface area contributed by atoms with Crippen LogP contribution in [0.2, 0.25) is 0 Å². The highest BCUT2D eigenvalue weighted by molar-refractivity contribution is 7.89. The molecule has 0 spiro atoms. The first-order valence-electron chi connectivity index (χ1n) is 7.81. The third-order valence-corrected chi connectivity index (χ3v) is 7.18. The van der Waals surface area contributed by atoms with Gasteiger partial charge in [-0.15, -0.1) is 0 Å². The SMILES string of the molecule is N#CC1(c2ccc(S(=O)(=O)N3C4CCC3C(=O)NC4)cc2)CC1. The minimum absolute atomic E-state index is 0.156. The lowest BCUT2D eigenvalue weighted by molar-refractivity contribution is -0.126. The summed E-state index contributed by atoms with van der Waals surface area (Å²) in [5.74, 6) is -0.208. The number of nitrogens with one attached hydrogen (secondary N) is 1. The fraction of sp³-hybridized carbons (Fsp3) is 0.500. The summed E-state index contributed by atoms with van der Waals surface area (Å²) in [4.78, 5) is 12.1. The molecule has 0 aromatic heterocycles. The van der Waals surface area contributed by atoms with E-state index < -0.39 is 21.5 Å². The molecule has 0 radical (unpaired) electrons. The number of hydrogen-bond donors (Lipinski definition) is 1. The zero-order valence-electron chi connectivity index (χ0n) is 12.5. The smallest absolute Gasteiger partial charge is 0.244 e. The van der Waals surface area contributed by atoms with Gasteiger partial charge in [0, 0.05) is 12.6 Å². The quantitative estimate of drug-likeness (QED) is 0.891. The van der Waals surface area contributed by atoms with Crippen molar-refractivity contribution in [2.45, 2.75) is 48.1 Å². The van der Waals surface area contributed by atoms with Crippen LogP contribution in [-0.4, -0.2) is 37.3 Å². The van der Waals surface area contributed by atoms with Gasteiger partial charge in [0.1, 0.15) is 6.04 Å². The van der Waals surface area contributed by atoms with Crippen LogP contribution in [0.3, 0.4) is 0 Å². The van der Waals surface area contributed by atoms with E-state index in [1.54, 1.807) is 24.3 Å². The van der Waals surface area contributed by atoms with Crippen LogP contribution >= 0.6 is 0 Å². The van der Waals surface area contributed by atoms with Gasteiger partial charge < -0.3 is 5.32 Å². The first-order valence-corrected chi connectivity index (χ1v) is 9.25. The number of rotatable bonds is 3. The van der Waals surface area contributed by atoms with E-state index in [2.05, 4.69) is 11.4 Å². The number of nitriles is 1. The van der Waals surface area contributed by atoms with Gasteiger partial charge in [-0.25, -0.2) is 8.42 Å². The van der Waals surface area contributed by atoms with Crippen molar-refractivity contribution in [1.82, 2.24) is 9.62 Å². The number of carbonyl (C=O) groups excluding carboxylic acids is 1. The third-order valence-electron chi connectivity index (χ3n) is 5.20. The Labute approximate surface area is 135 Å². The number of piperazine rings is 1. The molecule has 2 heterocycles. The number of carbonyl (C=O) groups is 1. The molecular formula is C16H17N3O3S. The highest BCUT2D eigenvalue weighted by atomic mass is 32.2. The zero-order chi connectivity index (χ0) is 16.2. The topological polar surface area (TPSA) is 90.3 Å². The molecule has 3 fully saturated rings. The molecule has 23 heavy (non-hydrogen) atoms. The highest BCUT2D eigenvalue weighted by Gasteiger charge is 2.49. The fourth-order valence-corrected chi connectivity index (χ4v) is 5.49. The second-order valence-electron chi connectivity index (χ2n) is 6.55. The van der Waals surface area contributed by atoms with Gasteiger partial charge in [0.15, 0.2) is 0 Å². The second kappa shape index (κ2) is 4.79. The van der Waals surface area contributed by atoms with Gasteiger partial charge in [0.2, 0.25) is 15.9 Å². The Balaban J connectivity index is 1.67. The lowest BCUT2D eigenvalue weighted by Crippen LogP contribution is -2.57. The van der Waals surface area contributed by atoms with Crippen molar-refractivity contribution in [2.24, 2.45) is 0 Å². The Hall–Kier alpha value is -1.91. The van der Waals surface area contributed by atoms with E-state index in [4.69, 9.17) is 0 Å². The van der Waals surface area contributed by atoms with Crippen LogP contribution in [0.5, 0.6) is 0 Å². The molecule has 7 heteroatoms. The van der Waals surface area contributed by atoms with Crippen LogP contribution in [0.4, 0.5) is 0 Å². The molecule has 120 valence electrons. The van der Waals surface area contributed by atoms with Crippen molar-refractivity contribution in [1.29, 1.82) is 5.26 Å². The first-order chi connectivity index (χ1) is 11.0. The summed E-state index contributed by atoms with van der Waals surface area (Å²) in [7, 11) is -3.69. The van der Waals surface area contributed by atoms with E-state index in [0.29, 0.717) is 19.4 Å².